The first kappa shape index (κ1) is 15.6. The maximum absolute atomic E-state index is 11.9. The van der Waals surface area contributed by atoms with Crippen molar-refractivity contribution < 1.29 is 9.90 Å². The molecule has 1 unspecified atom stereocenters. The molecular weight excluding hydrogens is 288 g/mol. The summed E-state index contributed by atoms with van der Waals surface area (Å²) in [6.45, 7) is 2.17. The number of benzene rings is 2. The number of rotatable bonds is 3. The van der Waals surface area contributed by atoms with Gasteiger partial charge in [0.15, 0.2) is 0 Å². The van der Waals surface area contributed by atoms with E-state index in [-0.39, 0.29) is 17.7 Å². The zero-order valence-electron chi connectivity index (χ0n) is 13.5. The third-order valence-electron chi connectivity index (χ3n) is 4.45. The van der Waals surface area contributed by atoms with Crippen LogP contribution in [-0.2, 0) is 11.2 Å². The number of nitrogens with one attached hydrogen (secondary N) is 1. The molecule has 1 heterocycles. The molecule has 1 amide bonds. The Morgan fingerprint density at radius 2 is 2.00 bits per heavy atom. The molecule has 4 nitrogen and oxygen atoms in total. The number of phenols is 1. The van der Waals surface area contributed by atoms with Crippen LogP contribution < -0.4 is 10.2 Å². The average molecular weight is 310 g/mol. The lowest BCUT2D eigenvalue weighted by atomic mass is 9.92. The van der Waals surface area contributed by atoms with Crippen LogP contribution in [-0.4, -0.2) is 24.6 Å². The molecule has 0 saturated carbocycles. The molecule has 0 fully saturated rings. The molecule has 0 bridgehead atoms. The number of carbonyl (C=O) groups is 1. The van der Waals surface area contributed by atoms with E-state index in [1.807, 2.05) is 25.2 Å². The molecule has 0 spiro atoms. The van der Waals surface area contributed by atoms with Gasteiger partial charge in [-0.05, 0) is 42.6 Å². The summed E-state index contributed by atoms with van der Waals surface area (Å²) in [7, 11) is 1.92. The number of carbonyl (C=O) groups excluding carboxylic acids is 1. The normalized spacial score (nSPS) is 17.0. The van der Waals surface area contributed by atoms with Crippen molar-refractivity contribution >= 4 is 11.6 Å². The molecule has 120 valence electrons. The maximum atomic E-state index is 11.9. The number of aromatic hydroxyl groups is 1. The van der Waals surface area contributed by atoms with Crippen LogP contribution in [0.15, 0.2) is 42.5 Å². The highest BCUT2D eigenvalue weighted by atomic mass is 16.3. The molecule has 2 N–H and O–H groups in total. The van der Waals surface area contributed by atoms with Crippen molar-refractivity contribution in [3.05, 3.63) is 59.2 Å². The van der Waals surface area contributed by atoms with Crippen molar-refractivity contribution in [2.24, 2.45) is 0 Å². The van der Waals surface area contributed by atoms with Gasteiger partial charge in [-0.3, -0.25) is 4.79 Å². The fourth-order valence-corrected chi connectivity index (χ4v) is 3.34. The smallest absolute Gasteiger partial charge is 0.223 e. The van der Waals surface area contributed by atoms with Gasteiger partial charge in [-0.1, -0.05) is 36.4 Å². The van der Waals surface area contributed by atoms with Gasteiger partial charge < -0.3 is 15.3 Å². The largest absolute Gasteiger partial charge is 0.506 e. The molecule has 1 aliphatic rings. The Labute approximate surface area is 136 Å². The number of phenolic OH excluding ortho intramolecular Hbond substituents is 1. The number of amides is 1. The standard InChI is InChI=1S/C19H22N2O2/c1-13(22)21-9-8-17(20-2)16-11-15(12-18(23)19(16)21)10-14-6-4-3-5-7-14/h3-7,11-12,17,20,23H,8-10H2,1-2H3. The van der Waals surface area contributed by atoms with Crippen LogP contribution in [0.4, 0.5) is 5.69 Å². The Morgan fingerprint density at radius 1 is 1.26 bits per heavy atom. The molecular formula is C19H22N2O2. The number of anilines is 1. The summed E-state index contributed by atoms with van der Waals surface area (Å²) >= 11 is 0. The summed E-state index contributed by atoms with van der Waals surface area (Å²) in [5, 5.41) is 13.8. The fraction of sp³-hybridized carbons (Fsp3) is 0.316. The summed E-state index contributed by atoms with van der Waals surface area (Å²) in [6, 6.07) is 14.2. The van der Waals surface area contributed by atoms with E-state index >= 15 is 0 Å². The summed E-state index contributed by atoms with van der Waals surface area (Å²) in [4.78, 5) is 13.6. The highest BCUT2D eigenvalue weighted by Gasteiger charge is 2.29. The number of hydrogen-bond donors (Lipinski definition) is 2. The fourth-order valence-electron chi connectivity index (χ4n) is 3.34. The van der Waals surface area contributed by atoms with Crippen molar-refractivity contribution in [1.29, 1.82) is 0 Å². The Kier molecular flexibility index (Phi) is 4.35. The lowest BCUT2D eigenvalue weighted by Crippen LogP contribution is -2.37. The Bertz CT molecular complexity index is 713. The van der Waals surface area contributed by atoms with E-state index in [0.717, 1.165) is 24.0 Å². The summed E-state index contributed by atoms with van der Waals surface area (Å²) in [5.74, 6) is 0.149. The summed E-state index contributed by atoms with van der Waals surface area (Å²) in [5.41, 5.74) is 3.91. The summed E-state index contributed by atoms with van der Waals surface area (Å²) in [6.07, 6.45) is 1.61. The topological polar surface area (TPSA) is 52.6 Å². The molecule has 2 aromatic carbocycles. The first-order valence-corrected chi connectivity index (χ1v) is 7.95. The van der Waals surface area contributed by atoms with Crippen LogP contribution in [0.1, 0.15) is 36.1 Å². The van der Waals surface area contributed by atoms with Gasteiger partial charge in [0.2, 0.25) is 5.91 Å². The van der Waals surface area contributed by atoms with E-state index < -0.39 is 0 Å². The predicted molar refractivity (Wildman–Crippen MR) is 91.8 cm³/mol. The first-order valence-electron chi connectivity index (χ1n) is 7.95. The number of nitrogens with zero attached hydrogens (tertiary/aromatic N) is 1. The molecule has 0 radical (unpaired) electrons. The van der Waals surface area contributed by atoms with Crippen LogP contribution in [0.25, 0.3) is 0 Å². The van der Waals surface area contributed by atoms with Gasteiger partial charge >= 0.3 is 0 Å². The van der Waals surface area contributed by atoms with E-state index in [4.69, 9.17) is 0 Å². The molecule has 1 atom stereocenters. The maximum Gasteiger partial charge on any atom is 0.223 e. The molecule has 2 aromatic rings. The van der Waals surface area contributed by atoms with Crippen LogP contribution in [0.5, 0.6) is 5.75 Å². The van der Waals surface area contributed by atoms with Crippen LogP contribution in [0.2, 0.25) is 0 Å². The molecule has 0 aliphatic carbocycles. The van der Waals surface area contributed by atoms with Crippen molar-refractivity contribution in [3.63, 3.8) is 0 Å². The van der Waals surface area contributed by atoms with Gasteiger partial charge in [-0.2, -0.15) is 0 Å². The molecule has 4 heteroatoms. The van der Waals surface area contributed by atoms with Crippen molar-refractivity contribution in [3.8, 4) is 5.75 Å². The number of fused-ring (bicyclic) bond motifs is 1. The van der Waals surface area contributed by atoms with Crippen molar-refractivity contribution in [1.82, 2.24) is 5.32 Å². The van der Waals surface area contributed by atoms with Gasteiger partial charge in [0, 0.05) is 19.5 Å². The van der Waals surface area contributed by atoms with E-state index in [9.17, 15) is 9.90 Å². The highest BCUT2D eigenvalue weighted by Crippen LogP contribution is 2.41. The third kappa shape index (κ3) is 3.08. The SMILES string of the molecule is CNC1CCN(C(C)=O)c2c(O)cc(Cc3ccccc3)cc21. The van der Waals surface area contributed by atoms with Gasteiger partial charge in [0.1, 0.15) is 5.75 Å². The lowest BCUT2D eigenvalue weighted by molar-refractivity contribution is -0.116. The summed E-state index contributed by atoms with van der Waals surface area (Å²) < 4.78 is 0. The third-order valence-corrected chi connectivity index (χ3v) is 4.45. The van der Waals surface area contributed by atoms with Gasteiger partial charge in [0.05, 0.1) is 5.69 Å². The van der Waals surface area contributed by atoms with Crippen molar-refractivity contribution in [2.45, 2.75) is 25.8 Å². The van der Waals surface area contributed by atoms with Crippen LogP contribution in [0, 0.1) is 0 Å². The van der Waals surface area contributed by atoms with E-state index in [1.54, 1.807) is 17.9 Å². The van der Waals surface area contributed by atoms with Gasteiger partial charge in [-0.25, -0.2) is 0 Å². The highest BCUT2D eigenvalue weighted by molar-refractivity contribution is 5.95. The Balaban J connectivity index is 2.03. The second-order valence-corrected chi connectivity index (χ2v) is 6.02. The zero-order valence-corrected chi connectivity index (χ0v) is 13.5. The minimum absolute atomic E-state index is 0.0353. The quantitative estimate of drug-likeness (QED) is 0.916. The predicted octanol–water partition coefficient (Wildman–Crippen LogP) is 3.00. The van der Waals surface area contributed by atoms with E-state index in [1.165, 1.54) is 5.56 Å². The van der Waals surface area contributed by atoms with Gasteiger partial charge in [0.25, 0.3) is 0 Å². The van der Waals surface area contributed by atoms with E-state index in [2.05, 4.69) is 23.5 Å². The first-order chi connectivity index (χ1) is 11.1. The Hall–Kier alpha value is -2.33. The van der Waals surface area contributed by atoms with Crippen LogP contribution in [0.3, 0.4) is 0 Å². The minimum Gasteiger partial charge on any atom is -0.506 e. The van der Waals surface area contributed by atoms with Crippen LogP contribution >= 0.6 is 0 Å². The molecule has 0 aromatic heterocycles. The Morgan fingerprint density at radius 3 is 2.65 bits per heavy atom. The number of hydrogen-bond acceptors (Lipinski definition) is 3. The van der Waals surface area contributed by atoms with Gasteiger partial charge in [-0.15, -0.1) is 0 Å². The lowest BCUT2D eigenvalue weighted by Gasteiger charge is -2.34. The zero-order chi connectivity index (χ0) is 16.4. The molecule has 0 saturated heterocycles. The minimum atomic E-state index is -0.0353. The molecule has 23 heavy (non-hydrogen) atoms. The average Bonchev–Trinajstić information content (AvgIpc) is 2.54. The monoisotopic (exact) mass is 310 g/mol. The second-order valence-electron chi connectivity index (χ2n) is 6.02. The van der Waals surface area contributed by atoms with E-state index in [0.29, 0.717) is 12.2 Å². The molecule has 1 aliphatic heterocycles. The van der Waals surface area contributed by atoms with Crippen molar-refractivity contribution in [2.75, 3.05) is 18.5 Å². The molecule has 3 rings (SSSR count). The second kappa shape index (κ2) is 6.42.